The molecule has 0 aliphatic rings. The van der Waals surface area contributed by atoms with Crippen LogP contribution in [0.25, 0.3) is 16.7 Å². The number of anilines is 2. The van der Waals surface area contributed by atoms with Gasteiger partial charge in [0.25, 0.3) is 0 Å². The summed E-state index contributed by atoms with van der Waals surface area (Å²) in [5, 5.41) is 0. The second kappa shape index (κ2) is 4.83. The third kappa shape index (κ3) is 2.14. The van der Waals surface area contributed by atoms with E-state index >= 15 is 0 Å². The number of aromatic nitrogens is 2. The normalized spacial score (nSPS) is 10.9. The number of nitrogen functional groups attached to an aromatic ring is 1. The van der Waals surface area contributed by atoms with E-state index < -0.39 is 0 Å². The standard InChI is InChI=1S/C15H15BrN4/c1-19(2)11-4-3-5-12(9-11)20-14-7-6-10(16)8-13(14)18-15(20)17/h3-9H,1-2H3,(H2,17,18). The first-order valence-electron chi connectivity index (χ1n) is 6.27. The number of rotatable bonds is 2. The summed E-state index contributed by atoms with van der Waals surface area (Å²) in [5.41, 5.74) is 10.1. The molecule has 0 amide bonds. The van der Waals surface area contributed by atoms with Gasteiger partial charge in [-0.3, -0.25) is 4.57 Å². The first-order chi connectivity index (χ1) is 9.56. The fourth-order valence-corrected chi connectivity index (χ4v) is 2.60. The molecule has 0 aliphatic heterocycles. The molecule has 0 aliphatic carbocycles. The van der Waals surface area contributed by atoms with Crippen molar-refractivity contribution in [1.29, 1.82) is 0 Å². The SMILES string of the molecule is CN(C)c1cccc(-n2c(N)nc3cc(Br)ccc32)c1. The van der Waals surface area contributed by atoms with Crippen LogP contribution in [0.1, 0.15) is 0 Å². The number of nitrogens with zero attached hydrogens (tertiary/aromatic N) is 3. The van der Waals surface area contributed by atoms with Crippen molar-refractivity contribution in [3.63, 3.8) is 0 Å². The van der Waals surface area contributed by atoms with Crippen LogP contribution in [0.2, 0.25) is 0 Å². The molecule has 20 heavy (non-hydrogen) atoms. The minimum absolute atomic E-state index is 0.494. The minimum atomic E-state index is 0.494. The zero-order valence-electron chi connectivity index (χ0n) is 11.3. The van der Waals surface area contributed by atoms with Gasteiger partial charge in [0.15, 0.2) is 0 Å². The van der Waals surface area contributed by atoms with E-state index in [-0.39, 0.29) is 0 Å². The van der Waals surface area contributed by atoms with E-state index in [9.17, 15) is 0 Å². The Morgan fingerprint density at radius 3 is 2.70 bits per heavy atom. The van der Waals surface area contributed by atoms with Crippen LogP contribution in [0, 0.1) is 0 Å². The summed E-state index contributed by atoms with van der Waals surface area (Å²) in [7, 11) is 4.04. The Morgan fingerprint density at radius 2 is 1.95 bits per heavy atom. The van der Waals surface area contributed by atoms with Crippen molar-refractivity contribution in [3.05, 3.63) is 46.9 Å². The summed E-state index contributed by atoms with van der Waals surface area (Å²) < 4.78 is 2.96. The summed E-state index contributed by atoms with van der Waals surface area (Å²) in [6, 6.07) is 14.2. The van der Waals surface area contributed by atoms with Gasteiger partial charge in [0, 0.05) is 24.3 Å². The minimum Gasteiger partial charge on any atom is -0.378 e. The Morgan fingerprint density at radius 1 is 1.15 bits per heavy atom. The first-order valence-corrected chi connectivity index (χ1v) is 7.07. The van der Waals surface area contributed by atoms with Crippen molar-refractivity contribution in [3.8, 4) is 5.69 Å². The van der Waals surface area contributed by atoms with Crippen LogP contribution < -0.4 is 10.6 Å². The molecule has 2 aromatic carbocycles. The smallest absolute Gasteiger partial charge is 0.205 e. The zero-order valence-corrected chi connectivity index (χ0v) is 12.9. The molecule has 0 spiro atoms. The summed E-state index contributed by atoms with van der Waals surface area (Å²) in [5.74, 6) is 0.494. The molecule has 3 aromatic rings. The van der Waals surface area contributed by atoms with E-state index in [1.807, 2.05) is 49.0 Å². The van der Waals surface area contributed by atoms with Gasteiger partial charge < -0.3 is 10.6 Å². The lowest BCUT2D eigenvalue weighted by Gasteiger charge is -2.14. The Bertz CT molecular complexity index is 777. The fourth-order valence-electron chi connectivity index (χ4n) is 2.25. The van der Waals surface area contributed by atoms with Gasteiger partial charge in [0.1, 0.15) is 0 Å². The average Bonchev–Trinajstić information content (AvgIpc) is 2.73. The van der Waals surface area contributed by atoms with E-state index in [0.29, 0.717) is 5.95 Å². The molecule has 1 aromatic heterocycles. The lowest BCUT2D eigenvalue weighted by molar-refractivity contribution is 1.09. The quantitative estimate of drug-likeness (QED) is 0.782. The van der Waals surface area contributed by atoms with Crippen molar-refractivity contribution in [2.75, 3.05) is 24.7 Å². The second-order valence-corrected chi connectivity index (χ2v) is 5.77. The van der Waals surface area contributed by atoms with Gasteiger partial charge in [0.2, 0.25) is 5.95 Å². The third-order valence-electron chi connectivity index (χ3n) is 3.25. The second-order valence-electron chi connectivity index (χ2n) is 4.85. The molecule has 0 atom stereocenters. The van der Waals surface area contributed by atoms with Gasteiger partial charge in [-0.25, -0.2) is 4.98 Å². The lowest BCUT2D eigenvalue weighted by Crippen LogP contribution is -2.09. The van der Waals surface area contributed by atoms with Crippen LogP contribution >= 0.6 is 15.9 Å². The number of hydrogen-bond acceptors (Lipinski definition) is 3. The largest absolute Gasteiger partial charge is 0.378 e. The molecule has 0 saturated heterocycles. The summed E-state index contributed by atoms with van der Waals surface area (Å²) in [6.45, 7) is 0. The maximum Gasteiger partial charge on any atom is 0.205 e. The Kier molecular flexibility index (Phi) is 3.14. The molecule has 0 fully saturated rings. The number of imidazole rings is 1. The van der Waals surface area contributed by atoms with Crippen LogP contribution in [-0.2, 0) is 0 Å². The predicted molar refractivity (Wildman–Crippen MR) is 87.5 cm³/mol. The van der Waals surface area contributed by atoms with Gasteiger partial charge >= 0.3 is 0 Å². The summed E-state index contributed by atoms with van der Waals surface area (Å²) in [6.07, 6.45) is 0. The van der Waals surface area contributed by atoms with Crippen molar-refractivity contribution >= 4 is 38.6 Å². The van der Waals surface area contributed by atoms with Gasteiger partial charge in [-0.15, -0.1) is 0 Å². The van der Waals surface area contributed by atoms with Crippen molar-refractivity contribution in [1.82, 2.24) is 9.55 Å². The average molecular weight is 331 g/mol. The number of hydrogen-bond donors (Lipinski definition) is 1. The van der Waals surface area contributed by atoms with Crippen LogP contribution in [0.5, 0.6) is 0 Å². The van der Waals surface area contributed by atoms with Crippen LogP contribution in [-0.4, -0.2) is 23.6 Å². The highest BCUT2D eigenvalue weighted by molar-refractivity contribution is 9.10. The molecule has 0 radical (unpaired) electrons. The van der Waals surface area contributed by atoms with Gasteiger partial charge in [-0.2, -0.15) is 0 Å². The monoisotopic (exact) mass is 330 g/mol. The van der Waals surface area contributed by atoms with Gasteiger partial charge in [-0.05, 0) is 36.4 Å². The van der Waals surface area contributed by atoms with Crippen LogP contribution in [0.15, 0.2) is 46.9 Å². The highest BCUT2D eigenvalue weighted by atomic mass is 79.9. The Labute approximate surface area is 126 Å². The molecule has 0 bridgehead atoms. The highest BCUT2D eigenvalue weighted by Gasteiger charge is 2.10. The number of halogens is 1. The zero-order chi connectivity index (χ0) is 14.3. The van der Waals surface area contributed by atoms with E-state index in [0.717, 1.165) is 26.9 Å². The van der Waals surface area contributed by atoms with Gasteiger partial charge in [-0.1, -0.05) is 22.0 Å². The molecule has 102 valence electrons. The van der Waals surface area contributed by atoms with Crippen LogP contribution in [0.4, 0.5) is 11.6 Å². The third-order valence-corrected chi connectivity index (χ3v) is 3.74. The lowest BCUT2D eigenvalue weighted by atomic mass is 10.2. The topological polar surface area (TPSA) is 47.1 Å². The molecule has 5 heteroatoms. The maximum atomic E-state index is 6.08. The molecule has 4 nitrogen and oxygen atoms in total. The fraction of sp³-hybridized carbons (Fsp3) is 0.133. The molecule has 0 unspecified atom stereocenters. The van der Waals surface area contributed by atoms with E-state index in [2.05, 4.69) is 37.9 Å². The van der Waals surface area contributed by atoms with E-state index in [1.165, 1.54) is 0 Å². The van der Waals surface area contributed by atoms with Crippen LogP contribution in [0.3, 0.4) is 0 Å². The molecular formula is C15H15BrN4. The summed E-state index contributed by atoms with van der Waals surface area (Å²) in [4.78, 5) is 6.49. The van der Waals surface area contributed by atoms with E-state index in [1.54, 1.807) is 0 Å². The molecular weight excluding hydrogens is 316 g/mol. The molecule has 1 heterocycles. The number of fused-ring (bicyclic) bond motifs is 1. The summed E-state index contributed by atoms with van der Waals surface area (Å²) >= 11 is 3.46. The Balaban J connectivity index is 2.24. The van der Waals surface area contributed by atoms with Crippen molar-refractivity contribution in [2.45, 2.75) is 0 Å². The van der Waals surface area contributed by atoms with E-state index in [4.69, 9.17) is 5.73 Å². The van der Waals surface area contributed by atoms with Gasteiger partial charge in [0.05, 0.1) is 16.7 Å². The molecule has 3 rings (SSSR count). The number of nitrogens with two attached hydrogens (primary N) is 1. The molecule has 2 N–H and O–H groups in total. The maximum absolute atomic E-state index is 6.08. The number of benzene rings is 2. The highest BCUT2D eigenvalue weighted by Crippen LogP contribution is 2.27. The molecule has 0 saturated carbocycles. The predicted octanol–water partition coefficient (Wildman–Crippen LogP) is 3.44. The Hall–Kier alpha value is -2.01. The first kappa shape index (κ1) is 13.0. The van der Waals surface area contributed by atoms with Crippen molar-refractivity contribution in [2.24, 2.45) is 0 Å². The van der Waals surface area contributed by atoms with Crippen molar-refractivity contribution < 1.29 is 0 Å².